The Morgan fingerprint density at radius 3 is 2.84 bits per heavy atom. The second-order valence-electron chi connectivity index (χ2n) is 9.79. The monoisotopic (exact) mass is 528 g/mol. The van der Waals surface area contributed by atoms with Gasteiger partial charge in [-0.2, -0.15) is 9.78 Å². The molecule has 2 N–H and O–H groups in total. The molecule has 0 saturated carbocycles. The molecule has 1 aromatic heterocycles. The van der Waals surface area contributed by atoms with E-state index in [2.05, 4.69) is 10.4 Å². The van der Waals surface area contributed by atoms with Crippen molar-refractivity contribution >= 4 is 17.6 Å². The molecule has 3 aromatic rings. The van der Waals surface area contributed by atoms with E-state index in [1.807, 2.05) is 0 Å². The van der Waals surface area contributed by atoms with Gasteiger partial charge < -0.3 is 24.8 Å². The molecular weight excluding hydrogens is 498 g/mol. The predicted octanol–water partition coefficient (Wildman–Crippen LogP) is 3.66. The highest BCUT2D eigenvalue weighted by atomic mass is 19.2. The van der Waals surface area contributed by atoms with Gasteiger partial charge in [0.25, 0.3) is 5.91 Å². The molecule has 0 spiro atoms. The Hall–Kier alpha value is -3.99. The van der Waals surface area contributed by atoms with Crippen molar-refractivity contribution in [3.63, 3.8) is 0 Å². The van der Waals surface area contributed by atoms with E-state index in [1.54, 1.807) is 39.1 Å². The third kappa shape index (κ3) is 6.46. The van der Waals surface area contributed by atoms with Gasteiger partial charge in [0.2, 0.25) is 0 Å². The van der Waals surface area contributed by atoms with Crippen molar-refractivity contribution in [1.82, 2.24) is 15.1 Å². The van der Waals surface area contributed by atoms with Crippen molar-refractivity contribution in [3.8, 4) is 11.5 Å². The second kappa shape index (κ2) is 11.2. The molecule has 202 valence electrons. The molecule has 0 unspecified atom stereocenters. The van der Waals surface area contributed by atoms with Gasteiger partial charge in [-0.25, -0.2) is 13.6 Å². The number of carbonyl (C=O) groups is 2. The number of nitrogens with one attached hydrogen (secondary N) is 1. The quantitative estimate of drug-likeness (QED) is 0.433. The number of nitrogens with zero attached hydrogens (tertiary/aromatic N) is 3. The maximum Gasteiger partial charge on any atom is 0.342 e. The molecule has 0 aliphatic carbocycles. The van der Waals surface area contributed by atoms with Crippen LogP contribution in [0.1, 0.15) is 37.8 Å². The zero-order chi connectivity index (χ0) is 27.4. The van der Waals surface area contributed by atoms with Gasteiger partial charge in [-0.3, -0.25) is 4.79 Å². The van der Waals surface area contributed by atoms with Crippen LogP contribution in [-0.4, -0.2) is 58.7 Å². The normalized spacial score (nSPS) is 15.5. The van der Waals surface area contributed by atoms with Crippen LogP contribution in [0.4, 0.5) is 19.3 Å². The van der Waals surface area contributed by atoms with E-state index >= 15 is 0 Å². The summed E-state index contributed by atoms with van der Waals surface area (Å²) in [6, 6.07) is 7.34. The number of carbonyl (C=O) groups excluding carboxylic acids is 2. The lowest BCUT2D eigenvalue weighted by molar-refractivity contribution is -0.120. The third-order valence-corrected chi connectivity index (χ3v) is 6.10. The summed E-state index contributed by atoms with van der Waals surface area (Å²) in [7, 11) is 1.58. The molecule has 0 bridgehead atoms. The van der Waals surface area contributed by atoms with E-state index in [0.29, 0.717) is 42.2 Å². The summed E-state index contributed by atoms with van der Waals surface area (Å²) < 4.78 is 40.0. The van der Waals surface area contributed by atoms with Crippen molar-refractivity contribution in [1.29, 1.82) is 0 Å². The number of benzene rings is 2. The molecule has 2 heterocycles. The Morgan fingerprint density at radius 2 is 2.08 bits per heavy atom. The van der Waals surface area contributed by atoms with E-state index in [-0.39, 0.29) is 18.6 Å². The van der Waals surface area contributed by atoms with Crippen LogP contribution in [0.15, 0.2) is 48.8 Å². The minimum Gasteiger partial charge on any atom is -0.494 e. The number of fused-ring (bicyclic) bond motifs is 1. The number of aromatic nitrogens is 2. The van der Waals surface area contributed by atoms with Crippen LogP contribution < -0.4 is 19.7 Å². The van der Waals surface area contributed by atoms with E-state index in [9.17, 15) is 23.5 Å². The maximum atomic E-state index is 14.0. The zero-order valence-corrected chi connectivity index (χ0v) is 21.4. The summed E-state index contributed by atoms with van der Waals surface area (Å²) in [5.74, 6) is -1.29. The van der Waals surface area contributed by atoms with Gasteiger partial charge >= 0.3 is 6.03 Å². The molecule has 0 fully saturated rings. The SMILES string of the molecule is CN1C(=O)[C@@H](NC(=O)n2cc(Cc3cccc(F)c3F)cn2)COc2ccc(OCCCC(C)(C)O)cc21. The number of hydrogen-bond acceptors (Lipinski definition) is 6. The first-order valence-corrected chi connectivity index (χ1v) is 12.2. The van der Waals surface area contributed by atoms with E-state index in [4.69, 9.17) is 9.47 Å². The summed E-state index contributed by atoms with van der Waals surface area (Å²) in [5, 5.41) is 16.4. The Kier molecular flexibility index (Phi) is 7.96. The number of rotatable bonds is 8. The molecule has 11 heteroatoms. The summed E-state index contributed by atoms with van der Waals surface area (Å²) in [4.78, 5) is 27.3. The Bertz CT molecular complexity index is 1320. The molecule has 2 amide bonds. The molecule has 1 aliphatic heterocycles. The first-order chi connectivity index (χ1) is 18.0. The number of hydrogen-bond donors (Lipinski definition) is 2. The molecule has 38 heavy (non-hydrogen) atoms. The first kappa shape index (κ1) is 27.1. The van der Waals surface area contributed by atoms with E-state index < -0.39 is 35.2 Å². The minimum absolute atomic E-state index is 0.0442. The lowest BCUT2D eigenvalue weighted by Crippen LogP contribution is -2.50. The van der Waals surface area contributed by atoms with Crippen LogP contribution in [-0.2, 0) is 11.2 Å². The van der Waals surface area contributed by atoms with Crippen molar-refractivity contribution in [2.75, 3.05) is 25.2 Å². The van der Waals surface area contributed by atoms with Crippen molar-refractivity contribution < 1.29 is 33.0 Å². The minimum atomic E-state index is -0.996. The Morgan fingerprint density at radius 1 is 1.29 bits per heavy atom. The summed E-state index contributed by atoms with van der Waals surface area (Å²) in [6.45, 7) is 3.78. The second-order valence-corrected chi connectivity index (χ2v) is 9.79. The average Bonchev–Trinajstić information content (AvgIpc) is 3.30. The van der Waals surface area contributed by atoms with Gasteiger partial charge in [0.1, 0.15) is 24.1 Å². The smallest absolute Gasteiger partial charge is 0.342 e. The Balaban J connectivity index is 1.38. The summed E-state index contributed by atoms with van der Waals surface area (Å²) >= 11 is 0. The molecule has 9 nitrogen and oxygen atoms in total. The van der Waals surface area contributed by atoms with Gasteiger partial charge in [-0.05, 0) is 56.0 Å². The van der Waals surface area contributed by atoms with E-state index in [1.165, 1.54) is 29.4 Å². The number of ether oxygens (including phenoxy) is 2. The molecule has 1 atom stereocenters. The van der Waals surface area contributed by atoms with Crippen molar-refractivity contribution in [2.45, 2.75) is 44.8 Å². The lowest BCUT2D eigenvalue weighted by atomic mass is 10.0. The molecule has 1 aliphatic rings. The topological polar surface area (TPSA) is 106 Å². The maximum absolute atomic E-state index is 14.0. The van der Waals surface area contributed by atoms with Gasteiger partial charge in [-0.15, -0.1) is 0 Å². The van der Waals surface area contributed by atoms with Crippen molar-refractivity contribution in [3.05, 3.63) is 71.6 Å². The highest BCUT2D eigenvalue weighted by Gasteiger charge is 2.31. The lowest BCUT2D eigenvalue weighted by Gasteiger charge is -2.21. The van der Waals surface area contributed by atoms with Gasteiger partial charge in [0, 0.05) is 25.7 Å². The number of anilines is 1. The number of halogens is 2. The fourth-order valence-electron chi connectivity index (χ4n) is 4.05. The van der Waals surface area contributed by atoms with Crippen LogP contribution in [0.5, 0.6) is 11.5 Å². The standard InChI is InChI=1S/C27H30F2N4O5/c1-27(2,36)10-5-11-37-19-8-9-23-22(13-19)32(3)25(34)21(16-38-23)31-26(35)33-15-17(14-30-33)12-18-6-4-7-20(28)24(18)29/h4,6-9,13-15,21,36H,5,10-12,16H2,1-3H3,(H,31,35)/t21-/m0/s1. The Labute approximate surface area is 219 Å². The fourth-order valence-corrected chi connectivity index (χ4v) is 4.05. The molecule has 4 rings (SSSR count). The molecule has 0 radical (unpaired) electrons. The van der Waals surface area contributed by atoms with Crippen molar-refractivity contribution in [2.24, 2.45) is 0 Å². The largest absolute Gasteiger partial charge is 0.494 e. The third-order valence-electron chi connectivity index (χ3n) is 6.10. The highest BCUT2D eigenvalue weighted by Crippen LogP contribution is 2.34. The van der Waals surface area contributed by atoms with Gasteiger partial charge in [0.05, 0.1) is 24.1 Å². The number of amides is 2. The van der Waals surface area contributed by atoms with Gasteiger partial charge in [0.15, 0.2) is 11.6 Å². The van der Waals surface area contributed by atoms with Crippen LogP contribution >= 0.6 is 0 Å². The average molecular weight is 529 g/mol. The molecular formula is C27H30F2N4O5. The summed E-state index contributed by atoms with van der Waals surface area (Å²) in [5.41, 5.74) is 0.351. The number of aliphatic hydroxyl groups is 1. The zero-order valence-electron chi connectivity index (χ0n) is 21.4. The van der Waals surface area contributed by atoms with E-state index in [0.717, 1.165) is 10.7 Å². The predicted molar refractivity (Wildman–Crippen MR) is 135 cm³/mol. The van der Waals surface area contributed by atoms with Crippen LogP contribution in [0.25, 0.3) is 0 Å². The van der Waals surface area contributed by atoms with Crippen LogP contribution in [0.2, 0.25) is 0 Å². The van der Waals surface area contributed by atoms with Crippen LogP contribution in [0.3, 0.4) is 0 Å². The molecule has 0 saturated heterocycles. The summed E-state index contributed by atoms with van der Waals surface area (Å²) in [6.07, 6.45) is 4.05. The molecule has 2 aromatic carbocycles. The number of likely N-dealkylation sites (N-methyl/N-ethyl adjacent to an activating group) is 1. The van der Waals surface area contributed by atoms with Gasteiger partial charge in [-0.1, -0.05) is 12.1 Å². The van der Waals surface area contributed by atoms with Crippen LogP contribution in [0, 0.1) is 11.6 Å². The highest BCUT2D eigenvalue weighted by molar-refractivity contribution is 6.00. The first-order valence-electron chi connectivity index (χ1n) is 12.2. The fraction of sp³-hybridized carbons (Fsp3) is 0.370.